The van der Waals surface area contributed by atoms with E-state index in [0.717, 1.165) is 49.5 Å². The molecule has 1 fully saturated rings. The molecular weight excluding hydrogens is 238 g/mol. The van der Waals surface area contributed by atoms with E-state index in [-0.39, 0.29) is 5.91 Å². The summed E-state index contributed by atoms with van der Waals surface area (Å²) in [5, 5.41) is 3.10. The summed E-state index contributed by atoms with van der Waals surface area (Å²) in [6.45, 7) is 8.86. The van der Waals surface area contributed by atoms with E-state index in [1.54, 1.807) is 0 Å². The quantitative estimate of drug-likeness (QED) is 0.901. The van der Waals surface area contributed by atoms with Gasteiger partial charge < -0.3 is 15.1 Å². The average molecular weight is 261 g/mol. The normalized spacial score (nSPS) is 16.5. The molecule has 1 aliphatic rings. The van der Waals surface area contributed by atoms with Gasteiger partial charge in [0.2, 0.25) is 0 Å². The number of nitrogens with one attached hydrogen (secondary N) is 1. The van der Waals surface area contributed by atoms with Gasteiger partial charge in [-0.1, -0.05) is 6.92 Å². The molecule has 0 aliphatic carbocycles. The first-order valence-corrected chi connectivity index (χ1v) is 6.95. The summed E-state index contributed by atoms with van der Waals surface area (Å²) >= 11 is 0. The number of hydrogen-bond acceptors (Lipinski definition) is 3. The van der Waals surface area contributed by atoms with E-state index in [1.807, 2.05) is 37.1 Å². The van der Waals surface area contributed by atoms with Gasteiger partial charge in [0.05, 0.1) is 0 Å². The van der Waals surface area contributed by atoms with E-state index in [2.05, 4.69) is 17.1 Å². The maximum Gasteiger partial charge on any atom is 0.254 e. The number of amides is 1. The van der Waals surface area contributed by atoms with Crippen LogP contribution in [0.15, 0.2) is 18.2 Å². The van der Waals surface area contributed by atoms with Crippen molar-refractivity contribution in [2.75, 3.05) is 45.1 Å². The Kier molecular flexibility index (Phi) is 4.43. The van der Waals surface area contributed by atoms with Gasteiger partial charge in [-0.15, -0.1) is 0 Å². The summed E-state index contributed by atoms with van der Waals surface area (Å²) in [7, 11) is 1.89. The number of likely N-dealkylation sites (N-methyl/N-ethyl adjacent to an activating group) is 1. The molecule has 0 aromatic heterocycles. The van der Waals surface area contributed by atoms with Crippen molar-refractivity contribution in [2.45, 2.75) is 13.8 Å². The topological polar surface area (TPSA) is 35.6 Å². The number of hydrogen-bond donors (Lipinski definition) is 1. The molecule has 1 N–H and O–H groups in total. The van der Waals surface area contributed by atoms with Crippen LogP contribution in [0.2, 0.25) is 0 Å². The Labute approximate surface area is 115 Å². The van der Waals surface area contributed by atoms with Crippen LogP contribution in [0.5, 0.6) is 0 Å². The van der Waals surface area contributed by atoms with Gasteiger partial charge >= 0.3 is 0 Å². The van der Waals surface area contributed by atoms with Crippen molar-refractivity contribution in [3.05, 3.63) is 29.3 Å². The Balaban J connectivity index is 2.08. The third-order valence-corrected chi connectivity index (χ3v) is 3.85. The molecule has 1 aromatic rings. The summed E-state index contributed by atoms with van der Waals surface area (Å²) in [6, 6.07) is 5.91. The first-order chi connectivity index (χ1) is 9.15. The molecule has 1 amide bonds. The van der Waals surface area contributed by atoms with Crippen LogP contribution in [-0.4, -0.2) is 55.5 Å². The number of carbonyl (C=O) groups excluding carboxylic acids is 1. The third kappa shape index (κ3) is 3.07. The van der Waals surface area contributed by atoms with E-state index >= 15 is 0 Å². The third-order valence-electron chi connectivity index (χ3n) is 3.85. The van der Waals surface area contributed by atoms with Gasteiger partial charge in [0.25, 0.3) is 5.91 Å². The number of rotatable bonds is 3. The van der Waals surface area contributed by atoms with Crippen LogP contribution < -0.4 is 5.32 Å². The van der Waals surface area contributed by atoms with Crippen LogP contribution >= 0.6 is 0 Å². The molecule has 19 heavy (non-hydrogen) atoms. The van der Waals surface area contributed by atoms with Crippen molar-refractivity contribution in [2.24, 2.45) is 0 Å². The summed E-state index contributed by atoms with van der Waals surface area (Å²) < 4.78 is 0. The zero-order valence-corrected chi connectivity index (χ0v) is 12.1. The maximum atomic E-state index is 12.5. The Morgan fingerprint density at radius 1 is 1.26 bits per heavy atom. The molecule has 1 aromatic carbocycles. The Morgan fingerprint density at radius 3 is 2.47 bits per heavy atom. The number of aryl methyl sites for hydroxylation is 1. The van der Waals surface area contributed by atoms with Gasteiger partial charge in [0, 0.05) is 44.5 Å². The molecule has 1 saturated heterocycles. The minimum Gasteiger partial charge on any atom is -0.388 e. The fraction of sp³-hybridized carbons (Fsp3) is 0.533. The fourth-order valence-electron chi connectivity index (χ4n) is 2.50. The summed E-state index contributed by atoms with van der Waals surface area (Å²) in [4.78, 5) is 16.8. The van der Waals surface area contributed by atoms with Gasteiger partial charge in [-0.2, -0.15) is 0 Å². The van der Waals surface area contributed by atoms with Crippen molar-refractivity contribution in [3.8, 4) is 0 Å². The van der Waals surface area contributed by atoms with Crippen LogP contribution in [0, 0.1) is 6.92 Å². The Hall–Kier alpha value is -1.55. The first-order valence-electron chi connectivity index (χ1n) is 6.95. The van der Waals surface area contributed by atoms with Crippen LogP contribution in [0.1, 0.15) is 22.8 Å². The highest BCUT2D eigenvalue weighted by Gasteiger charge is 2.22. The fourth-order valence-corrected chi connectivity index (χ4v) is 2.50. The SMILES string of the molecule is CCN1CCN(C(=O)c2ccc(NC)cc2C)CC1. The second-order valence-electron chi connectivity index (χ2n) is 5.01. The smallest absolute Gasteiger partial charge is 0.254 e. The van der Waals surface area contributed by atoms with Crippen LogP contribution in [-0.2, 0) is 0 Å². The van der Waals surface area contributed by atoms with Gasteiger partial charge in [-0.3, -0.25) is 4.79 Å². The van der Waals surface area contributed by atoms with Crippen LogP contribution in [0.4, 0.5) is 5.69 Å². The van der Waals surface area contributed by atoms with Gasteiger partial charge in [-0.25, -0.2) is 0 Å². The molecule has 1 aliphatic heterocycles. The minimum atomic E-state index is 0.163. The molecule has 0 saturated carbocycles. The van der Waals surface area contributed by atoms with E-state index in [0.29, 0.717) is 0 Å². The first kappa shape index (κ1) is 13.9. The van der Waals surface area contributed by atoms with Crippen molar-refractivity contribution < 1.29 is 4.79 Å². The molecule has 1 heterocycles. The van der Waals surface area contributed by atoms with Crippen molar-refractivity contribution in [1.29, 1.82) is 0 Å². The number of carbonyl (C=O) groups is 1. The molecule has 0 bridgehead atoms. The van der Waals surface area contributed by atoms with E-state index in [1.165, 1.54) is 0 Å². The number of nitrogens with zero attached hydrogens (tertiary/aromatic N) is 2. The molecule has 0 atom stereocenters. The standard InChI is InChI=1S/C15H23N3O/c1-4-17-7-9-18(10-8-17)15(19)14-6-5-13(16-3)11-12(14)2/h5-6,11,16H,4,7-10H2,1-3H3. The predicted molar refractivity (Wildman–Crippen MR) is 78.7 cm³/mol. The number of anilines is 1. The van der Waals surface area contributed by atoms with Gasteiger partial charge in [-0.05, 0) is 37.2 Å². The highest BCUT2D eigenvalue weighted by atomic mass is 16.2. The molecule has 0 radical (unpaired) electrons. The molecular formula is C15H23N3O. The monoisotopic (exact) mass is 261 g/mol. The van der Waals surface area contributed by atoms with E-state index in [9.17, 15) is 4.79 Å². The highest BCUT2D eigenvalue weighted by molar-refractivity contribution is 5.96. The van der Waals surface area contributed by atoms with Crippen molar-refractivity contribution in [1.82, 2.24) is 9.80 Å². The van der Waals surface area contributed by atoms with Crippen molar-refractivity contribution >= 4 is 11.6 Å². The largest absolute Gasteiger partial charge is 0.388 e. The lowest BCUT2D eigenvalue weighted by molar-refractivity contribution is 0.0642. The lowest BCUT2D eigenvalue weighted by Gasteiger charge is -2.34. The molecule has 0 spiro atoms. The number of piperazine rings is 1. The van der Waals surface area contributed by atoms with Crippen molar-refractivity contribution in [3.63, 3.8) is 0 Å². The zero-order chi connectivity index (χ0) is 13.8. The van der Waals surface area contributed by atoms with Gasteiger partial charge in [0.1, 0.15) is 0 Å². The summed E-state index contributed by atoms with van der Waals surface area (Å²) in [5.74, 6) is 0.163. The van der Waals surface area contributed by atoms with Gasteiger partial charge in [0.15, 0.2) is 0 Å². The molecule has 104 valence electrons. The van der Waals surface area contributed by atoms with Crippen LogP contribution in [0.3, 0.4) is 0 Å². The Bertz CT molecular complexity index is 451. The summed E-state index contributed by atoms with van der Waals surface area (Å²) in [6.07, 6.45) is 0. The second kappa shape index (κ2) is 6.06. The van der Waals surface area contributed by atoms with E-state index < -0.39 is 0 Å². The Morgan fingerprint density at radius 2 is 1.95 bits per heavy atom. The molecule has 0 unspecified atom stereocenters. The second-order valence-corrected chi connectivity index (χ2v) is 5.01. The number of benzene rings is 1. The lowest BCUT2D eigenvalue weighted by Crippen LogP contribution is -2.48. The predicted octanol–water partition coefficient (Wildman–Crippen LogP) is 1.81. The maximum absolute atomic E-state index is 12.5. The molecule has 4 heteroatoms. The average Bonchev–Trinajstić information content (AvgIpc) is 2.46. The molecule has 2 rings (SSSR count). The molecule has 4 nitrogen and oxygen atoms in total. The summed E-state index contributed by atoms with van der Waals surface area (Å²) in [5.41, 5.74) is 2.91. The van der Waals surface area contributed by atoms with Crippen LogP contribution in [0.25, 0.3) is 0 Å². The van der Waals surface area contributed by atoms with E-state index in [4.69, 9.17) is 0 Å². The zero-order valence-electron chi connectivity index (χ0n) is 12.1. The minimum absolute atomic E-state index is 0.163. The highest BCUT2D eigenvalue weighted by Crippen LogP contribution is 2.17. The lowest BCUT2D eigenvalue weighted by atomic mass is 10.1.